The Morgan fingerprint density at radius 3 is 2.46 bits per heavy atom. The van der Waals surface area contributed by atoms with E-state index < -0.39 is 12.7 Å². The van der Waals surface area contributed by atoms with Crippen molar-refractivity contribution in [2.24, 2.45) is 0 Å². The van der Waals surface area contributed by atoms with Crippen LogP contribution in [0.2, 0.25) is 0 Å². The monoisotopic (exact) mass is 198 g/mol. The molecular weight excluding hydrogens is 185 g/mol. The Hall–Kier alpha value is -0.780. The average Bonchev–Trinajstić information content (AvgIpc) is 2.01. The molecule has 78 valence electrons. The fourth-order valence-electron chi connectivity index (χ4n) is 0.729. The maximum atomic E-state index is 11.6. The molecule has 0 heterocycles. The molecule has 0 atom stereocenters. The van der Waals surface area contributed by atoms with Gasteiger partial charge in [-0.15, -0.1) is 0 Å². The van der Waals surface area contributed by atoms with Gasteiger partial charge >= 0.3 is 6.18 Å². The van der Waals surface area contributed by atoms with E-state index >= 15 is 0 Å². The Morgan fingerprint density at radius 1 is 1.38 bits per heavy atom. The highest BCUT2D eigenvalue weighted by atomic mass is 19.4. The Balaban J connectivity index is 3.22. The number of rotatable bonds is 5. The van der Waals surface area contributed by atoms with Gasteiger partial charge in [0.1, 0.15) is 0 Å². The number of hydrogen-bond acceptors (Lipinski definition) is 2. The van der Waals surface area contributed by atoms with Crippen molar-refractivity contribution in [1.82, 2.24) is 10.6 Å². The molecule has 2 N–H and O–H groups in total. The van der Waals surface area contributed by atoms with Gasteiger partial charge in [0.25, 0.3) is 0 Å². The predicted molar refractivity (Wildman–Crippen MR) is 42.2 cm³/mol. The summed E-state index contributed by atoms with van der Waals surface area (Å²) in [5.74, 6) is -0.159. The highest BCUT2D eigenvalue weighted by Gasteiger charge is 2.25. The van der Waals surface area contributed by atoms with Crippen molar-refractivity contribution in [3.05, 3.63) is 0 Å². The molecular formula is C7H13F3N2O. The van der Waals surface area contributed by atoms with Gasteiger partial charge in [0.05, 0.1) is 6.54 Å². The minimum Gasteiger partial charge on any atom is -0.359 e. The number of alkyl halides is 3. The van der Waals surface area contributed by atoms with Crippen LogP contribution in [-0.2, 0) is 4.79 Å². The molecule has 0 radical (unpaired) electrons. The van der Waals surface area contributed by atoms with Crippen molar-refractivity contribution in [3.63, 3.8) is 0 Å². The van der Waals surface area contributed by atoms with E-state index in [1.165, 1.54) is 7.05 Å². The summed E-state index contributed by atoms with van der Waals surface area (Å²) in [7, 11) is 1.49. The Labute approximate surface area is 74.7 Å². The van der Waals surface area contributed by atoms with Crippen LogP contribution in [0.25, 0.3) is 0 Å². The first-order valence-corrected chi connectivity index (χ1v) is 3.94. The van der Waals surface area contributed by atoms with Gasteiger partial charge in [-0.3, -0.25) is 4.79 Å². The zero-order chi connectivity index (χ0) is 10.3. The molecule has 3 nitrogen and oxygen atoms in total. The molecule has 0 fully saturated rings. The molecule has 0 aliphatic rings. The van der Waals surface area contributed by atoms with Crippen LogP contribution in [0.15, 0.2) is 0 Å². The number of carbonyl (C=O) groups is 1. The van der Waals surface area contributed by atoms with Crippen molar-refractivity contribution in [3.8, 4) is 0 Å². The van der Waals surface area contributed by atoms with Crippen LogP contribution >= 0.6 is 0 Å². The highest BCUT2D eigenvalue weighted by molar-refractivity contribution is 5.75. The van der Waals surface area contributed by atoms with Gasteiger partial charge in [-0.25, -0.2) is 0 Å². The lowest BCUT2D eigenvalue weighted by atomic mass is 10.3. The van der Waals surface area contributed by atoms with Crippen LogP contribution in [0.5, 0.6) is 0 Å². The largest absolute Gasteiger partial charge is 0.401 e. The Bertz CT molecular complexity index is 158. The van der Waals surface area contributed by atoms with Crippen LogP contribution in [0.3, 0.4) is 0 Å². The van der Waals surface area contributed by atoms with E-state index in [0.29, 0.717) is 6.42 Å². The zero-order valence-corrected chi connectivity index (χ0v) is 7.37. The molecule has 0 spiro atoms. The summed E-state index contributed by atoms with van der Waals surface area (Å²) >= 11 is 0. The molecule has 0 bridgehead atoms. The van der Waals surface area contributed by atoms with E-state index in [0.717, 1.165) is 0 Å². The van der Waals surface area contributed by atoms with Gasteiger partial charge in [0.15, 0.2) is 0 Å². The fraction of sp³-hybridized carbons (Fsp3) is 0.857. The van der Waals surface area contributed by atoms with Gasteiger partial charge < -0.3 is 10.6 Å². The standard InChI is InChI=1S/C7H13F3N2O/c1-11-6(13)3-2-4-12-5-7(8,9)10/h12H,2-5H2,1H3,(H,11,13). The van der Waals surface area contributed by atoms with Gasteiger partial charge in [0.2, 0.25) is 5.91 Å². The molecule has 0 saturated carbocycles. The maximum absolute atomic E-state index is 11.6. The summed E-state index contributed by atoms with van der Waals surface area (Å²) in [5, 5.41) is 4.58. The van der Waals surface area contributed by atoms with E-state index in [1.54, 1.807) is 0 Å². The molecule has 0 aromatic heterocycles. The quantitative estimate of drug-likeness (QED) is 0.637. The average molecular weight is 198 g/mol. The summed E-state index contributed by atoms with van der Waals surface area (Å²) in [6.07, 6.45) is -3.51. The third-order valence-corrected chi connectivity index (χ3v) is 1.36. The van der Waals surface area contributed by atoms with Gasteiger partial charge in [-0.2, -0.15) is 13.2 Å². The Morgan fingerprint density at radius 2 is 2.00 bits per heavy atom. The zero-order valence-electron chi connectivity index (χ0n) is 7.37. The smallest absolute Gasteiger partial charge is 0.359 e. The normalized spacial score (nSPS) is 11.4. The van der Waals surface area contributed by atoms with Crippen LogP contribution in [0.4, 0.5) is 13.2 Å². The molecule has 0 aromatic carbocycles. The number of nitrogens with one attached hydrogen (secondary N) is 2. The molecule has 0 aromatic rings. The Kier molecular flexibility index (Phi) is 5.45. The molecule has 0 saturated heterocycles. The first-order valence-electron chi connectivity index (χ1n) is 3.94. The second-order valence-electron chi connectivity index (χ2n) is 2.57. The van der Waals surface area contributed by atoms with E-state index in [1.807, 2.05) is 0 Å². The van der Waals surface area contributed by atoms with Gasteiger partial charge in [-0.05, 0) is 13.0 Å². The van der Waals surface area contributed by atoms with Crippen molar-refractivity contribution < 1.29 is 18.0 Å². The topological polar surface area (TPSA) is 41.1 Å². The van der Waals surface area contributed by atoms with Crippen molar-refractivity contribution in [2.75, 3.05) is 20.1 Å². The lowest BCUT2D eigenvalue weighted by Gasteiger charge is -2.07. The summed E-state index contributed by atoms with van der Waals surface area (Å²) in [5.41, 5.74) is 0. The third kappa shape index (κ3) is 9.13. The minimum absolute atomic E-state index is 0.159. The van der Waals surface area contributed by atoms with Crippen molar-refractivity contribution >= 4 is 5.91 Å². The van der Waals surface area contributed by atoms with Crippen LogP contribution in [0.1, 0.15) is 12.8 Å². The molecule has 6 heteroatoms. The van der Waals surface area contributed by atoms with Crippen LogP contribution in [-0.4, -0.2) is 32.2 Å². The lowest BCUT2D eigenvalue weighted by Crippen LogP contribution is -2.30. The highest BCUT2D eigenvalue weighted by Crippen LogP contribution is 2.11. The molecule has 0 aliphatic carbocycles. The molecule has 13 heavy (non-hydrogen) atoms. The number of hydrogen-bond donors (Lipinski definition) is 2. The van der Waals surface area contributed by atoms with E-state index in [4.69, 9.17) is 0 Å². The third-order valence-electron chi connectivity index (χ3n) is 1.36. The predicted octanol–water partition coefficient (Wildman–Crippen LogP) is 0.664. The van der Waals surface area contributed by atoms with E-state index in [9.17, 15) is 18.0 Å². The maximum Gasteiger partial charge on any atom is 0.401 e. The summed E-state index contributed by atoms with van der Waals surface area (Å²) in [6, 6.07) is 0. The van der Waals surface area contributed by atoms with E-state index in [-0.39, 0.29) is 18.9 Å². The molecule has 0 aliphatic heterocycles. The summed E-state index contributed by atoms with van der Waals surface area (Å²) in [6.45, 7) is -0.798. The first kappa shape index (κ1) is 12.2. The van der Waals surface area contributed by atoms with E-state index in [2.05, 4.69) is 10.6 Å². The minimum atomic E-state index is -4.17. The second kappa shape index (κ2) is 5.80. The van der Waals surface area contributed by atoms with Crippen LogP contribution in [0, 0.1) is 0 Å². The van der Waals surface area contributed by atoms with Gasteiger partial charge in [-0.1, -0.05) is 0 Å². The number of amides is 1. The van der Waals surface area contributed by atoms with Crippen LogP contribution < -0.4 is 10.6 Å². The second-order valence-corrected chi connectivity index (χ2v) is 2.57. The molecule has 0 rings (SSSR count). The lowest BCUT2D eigenvalue weighted by molar-refractivity contribution is -0.124. The summed E-state index contributed by atoms with van der Waals surface area (Å²) in [4.78, 5) is 10.6. The SMILES string of the molecule is CNC(=O)CCCNCC(F)(F)F. The number of halogens is 3. The number of carbonyl (C=O) groups excluding carboxylic acids is 1. The summed E-state index contributed by atoms with van der Waals surface area (Å²) < 4.78 is 34.7. The molecule has 0 unspecified atom stereocenters. The fourth-order valence-corrected chi connectivity index (χ4v) is 0.729. The van der Waals surface area contributed by atoms with Gasteiger partial charge in [0, 0.05) is 13.5 Å². The first-order chi connectivity index (χ1) is 5.95. The van der Waals surface area contributed by atoms with Crippen molar-refractivity contribution in [1.29, 1.82) is 0 Å². The van der Waals surface area contributed by atoms with Crippen molar-refractivity contribution in [2.45, 2.75) is 19.0 Å². The molecule has 1 amide bonds.